The van der Waals surface area contributed by atoms with Crippen LogP contribution >= 0.6 is 0 Å². The van der Waals surface area contributed by atoms with Gasteiger partial charge in [-0.1, -0.05) is 19.9 Å². The van der Waals surface area contributed by atoms with Crippen LogP contribution in [0.2, 0.25) is 0 Å². The summed E-state index contributed by atoms with van der Waals surface area (Å²) >= 11 is 0. The van der Waals surface area contributed by atoms with E-state index in [1.54, 1.807) is 14.2 Å². The Morgan fingerprint density at radius 1 is 1.13 bits per heavy atom. The molecule has 2 heteroatoms. The molecule has 1 rings (SSSR count). The highest BCUT2D eigenvalue weighted by molar-refractivity contribution is 5.36. The van der Waals surface area contributed by atoms with Crippen molar-refractivity contribution in [2.75, 3.05) is 14.2 Å². The van der Waals surface area contributed by atoms with Crippen molar-refractivity contribution in [2.24, 2.45) is 5.92 Å². The van der Waals surface area contributed by atoms with Crippen molar-refractivity contribution < 1.29 is 9.47 Å². The molecular formula is C13H20O2. The maximum absolute atomic E-state index is 5.51. The molecule has 2 nitrogen and oxygen atoms in total. The molecule has 0 fully saturated rings. The van der Waals surface area contributed by atoms with E-state index >= 15 is 0 Å². The maximum atomic E-state index is 5.51. The lowest BCUT2D eigenvalue weighted by Crippen LogP contribution is -2.10. The molecule has 0 heterocycles. The molecule has 1 aromatic carbocycles. The lowest BCUT2D eigenvalue weighted by Gasteiger charge is -2.21. The van der Waals surface area contributed by atoms with Gasteiger partial charge in [-0.25, -0.2) is 0 Å². The SMILES string of the molecule is COc1ccc(C(OC)C(C)C)c(C)c1. The van der Waals surface area contributed by atoms with Crippen LogP contribution in [0.15, 0.2) is 18.2 Å². The predicted molar refractivity (Wildman–Crippen MR) is 62.3 cm³/mol. The summed E-state index contributed by atoms with van der Waals surface area (Å²) in [7, 11) is 3.44. The highest BCUT2D eigenvalue weighted by Gasteiger charge is 2.16. The van der Waals surface area contributed by atoms with Crippen molar-refractivity contribution >= 4 is 0 Å². The van der Waals surface area contributed by atoms with Crippen LogP contribution < -0.4 is 4.74 Å². The van der Waals surface area contributed by atoms with Gasteiger partial charge in [0.05, 0.1) is 13.2 Å². The fourth-order valence-corrected chi connectivity index (χ4v) is 1.85. The van der Waals surface area contributed by atoms with Crippen LogP contribution in [0, 0.1) is 12.8 Å². The first-order valence-electron chi connectivity index (χ1n) is 5.27. The molecule has 84 valence electrons. The van der Waals surface area contributed by atoms with Crippen molar-refractivity contribution in [1.29, 1.82) is 0 Å². The average Bonchev–Trinajstić information content (AvgIpc) is 2.20. The number of ether oxygens (including phenoxy) is 2. The van der Waals surface area contributed by atoms with E-state index in [-0.39, 0.29) is 6.10 Å². The van der Waals surface area contributed by atoms with E-state index in [0.717, 1.165) is 5.75 Å². The lowest BCUT2D eigenvalue weighted by molar-refractivity contribution is 0.0641. The molecule has 0 aliphatic heterocycles. The summed E-state index contributed by atoms with van der Waals surface area (Å²) in [5.41, 5.74) is 2.46. The molecular weight excluding hydrogens is 188 g/mol. The number of hydrogen-bond donors (Lipinski definition) is 0. The molecule has 0 spiro atoms. The fourth-order valence-electron chi connectivity index (χ4n) is 1.85. The van der Waals surface area contributed by atoms with E-state index in [2.05, 4.69) is 26.8 Å². The number of hydrogen-bond acceptors (Lipinski definition) is 2. The first kappa shape index (κ1) is 12.1. The summed E-state index contributed by atoms with van der Waals surface area (Å²) in [6, 6.07) is 6.11. The van der Waals surface area contributed by atoms with Crippen LogP contribution in [0.4, 0.5) is 0 Å². The average molecular weight is 208 g/mol. The number of rotatable bonds is 4. The Labute approximate surface area is 92.2 Å². The third kappa shape index (κ3) is 2.72. The summed E-state index contributed by atoms with van der Waals surface area (Å²) in [5, 5.41) is 0. The standard InChI is InChI=1S/C13H20O2/c1-9(2)13(15-5)12-7-6-11(14-4)8-10(12)3/h6-9,13H,1-5H3. The molecule has 0 bridgehead atoms. The molecule has 0 saturated heterocycles. The van der Waals surface area contributed by atoms with Crippen molar-refractivity contribution in [3.8, 4) is 5.75 Å². The first-order valence-corrected chi connectivity index (χ1v) is 5.27. The molecule has 0 aliphatic carbocycles. The second kappa shape index (κ2) is 5.17. The van der Waals surface area contributed by atoms with Crippen molar-refractivity contribution in [1.82, 2.24) is 0 Å². The number of aryl methyl sites for hydroxylation is 1. The topological polar surface area (TPSA) is 18.5 Å². The largest absolute Gasteiger partial charge is 0.497 e. The third-order valence-corrected chi connectivity index (χ3v) is 2.64. The Kier molecular flexibility index (Phi) is 4.15. The summed E-state index contributed by atoms with van der Waals surface area (Å²) in [6.07, 6.45) is 0.163. The Morgan fingerprint density at radius 3 is 2.20 bits per heavy atom. The van der Waals surface area contributed by atoms with Crippen LogP contribution in [0.1, 0.15) is 31.1 Å². The molecule has 1 aromatic rings. The predicted octanol–water partition coefficient (Wildman–Crippen LogP) is 3.35. The molecule has 0 amide bonds. The van der Waals surface area contributed by atoms with Gasteiger partial charge in [-0.3, -0.25) is 0 Å². The molecule has 0 saturated carbocycles. The molecule has 0 aromatic heterocycles. The minimum atomic E-state index is 0.163. The zero-order chi connectivity index (χ0) is 11.4. The smallest absolute Gasteiger partial charge is 0.119 e. The Hall–Kier alpha value is -1.02. The third-order valence-electron chi connectivity index (χ3n) is 2.64. The highest BCUT2D eigenvalue weighted by Crippen LogP contribution is 2.29. The maximum Gasteiger partial charge on any atom is 0.119 e. The van der Waals surface area contributed by atoms with Gasteiger partial charge >= 0.3 is 0 Å². The summed E-state index contributed by atoms with van der Waals surface area (Å²) in [4.78, 5) is 0. The minimum absolute atomic E-state index is 0.163. The molecule has 1 unspecified atom stereocenters. The van der Waals surface area contributed by atoms with Gasteiger partial charge in [0.1, 0.15) is 5.75 Å². The first-order chi connectivity index (χ1) is 7.10. The monoisotopic (exact) mass is 208 g/mol. The molecule has 1 atom stereocenters. The van der Waals surface area contributed by atoms with Gasteiger partial charge in [-0.15, -0.1) is 0 Å². The van der Waals surface area contributed by atoms with E-state index < -0.39 is 0 Å². The van der Waals surface area contributed by atoms with Gasteiger partial charge in [0.15, 0.2) is 0 Å². The number of methoxy groups -OCH3 is 2. The van der Waals surface area contributed by atoms with E-state index in [9.17, 15) is 0 Å². The Morgan fingerprint density at radius 2 is 1.80 bits per heavy atom. The van der Waals surface area contributed by atoms with Gasteiger partial charge in [-0.05, 0) is 36.1 Å². The van der Waals surface area contributed by atoms with Gasteiger partial charge in [0, 0.05) is 7.11 Å². The Balaban J connectivity index is 3.03. The second-order valence-corrected chi connectivity index (χ2v) is 4.12. The van der Waals surface area contributed by atoms with Gasteiger partial charge in [-0.2, -0.15) is 0 Å². The zero-order valence-electron chi connectivity index (χ0n) is 10.2. The summed E-state index contributed by atoms with van der Waals surface area (Å²) in [6.45, 7) is 6.42. The normalized spacial score (nSPS) is 12.9. The van der Waals surface area contributed by atoms with Crippen molar-refractivity contribution in [3.63, 3.8) is 0 Å². The van der Waals surface area contributed by atoms with Crippen LogP contribution in [0.25, 0.3) is 0 Å². The van der Waals surface area contributed by atoms with E-state index in [0.29, 0.717) is 5.92 Å². The molecule has 0 radical (unpaired) electrons. The van der Waals surface area contributed by atoms with Gasteiger partial charge in [0.25, 0.3) is 0 Å². The van der Waals surface area contributed by atoms with E-state index in [1.807, 2.05) is 12.1 Å². The van der Waals surface area contributed by atoms with Crippen molar-refractivity contribution in [2.45, 2.75) is 26.9 Å². The lowest BCUT2D eigenvalue weighted by atomic mass is 9.95. The van der Waals surface area contributed by atoms with Gasteiger partial charge in [0.2, 0.25) is 0 Å². The number of benzene rings is 1. The van der Waals surface area contributed by atoms with Gasteiger partial charge < -0.3 is 9.47 Å². The van der Waals surface area contributed by atoms with E-state index in [1.165, 1.54) is 11.1 Å². The zero-order valence-corrected chi connectivity index (χ0v) is 10.2. The summed E-state index contributed by atoms with van der Waals surface area (Å²) in [5.74, 6) is 1.37. The van der Waals surface area contributed by atoms with Crippen molar-refractivity contribution in [3.05, 3.63) is 29.3 Å². The van der Waals surface area contributed by atoms with E-state index in [4.69, 9.17) is 9.47 Å². The molecule has 15 heavy (non-hydrogen) atoms. The quantitative estimate of drug-likeness (QED) is 0.755. The van der Waals surface area contributed by atoms with Crippen LogP contribution in [-0.4, -0.2) is 14.2 Å². The van der Waals surface area contributed by atoms with Crippen LogP contribution in [-0.2, 0) is 4.74 Å². The fraction of sp³-hybridized carbons (Fsp3) is 0.538. The Bertz CT molecular complexity index is 318. The minimum Gasteiger partial charge on any atom is -0.497 e. The second-order valence-electron chi connectivity index (χ2n) is 4.12. The molecule has 0 aliphatic rings. The van der Waals surface area contributed by atoms with Crippen LogP contribution in [0.5, 0.6) is 5.75 Å². The summed E-state index contributed by atoms with van der Waals surface area (Å²) < 4.78 is 10.7. The molecule has 0 N–H and O–H groups in total. The van der Waals surface area contributed by atoms with Crippen LogP contribution in [0.3, 0.4) is 0 Å². The highest BCUT2D eigenvalue weighted by atomic mass is 16.5.